The number of halogens is 1. The number of hydrogen-bond acceptors (Lipinski definition) is 5. The highest BCUT2D eigenvalue weighted by atomic mass is 127. The molecule has 5 nitrogen and oxygen atoms in total. The standard InChI is InChI=1S/C17H17IN2O3S2/c1-3-24-10-11-4-5-15(21)13(8-11)14-9-19(2)17(22)16-12(14)6-7-20(16)25-23-18/h4-9,21H,3,10H2,1-2H3. The number of nitrogens with zero attached hydrogens (tertiary/aromatic N) is 2. The number of pyridine rings is 1. The lowest BCUT2D eigenvalue weighted by molar-refractivity contribution is 0.477. The van der Waals surface area contributed by atoms with E-state index in [1.165, 1.54) is 4.57 Å². The van der Waals surface area contributed by atoms with Crippen molar-refractivity contribution in [2.75, 3.05) is 5.75 Å². The summed E-state index contributed by atoms with van der Waals surface area (Å²) >= 11 is 4.69. The number of aromatic hydroxyl groups is 1. The van der Waals surface area contributed by atoms with Gasteiger partial charge in [-0.3, -0.25) is 8.77 Å². The van der Waals surface area contributed by atoms with E-state index in [-0.39, 0.29) is 11.3 Å². The van der Waals surface area contributed by atoms with Gasteiger partial charge >= 0.3 is 0 Å². The van der Waals surface area contributed by atoms with Gasteiger partial charge in [-0.25, -0.2) is 2.51 Å². The van der Waals surface area contributed by atoms with Gasteiger partial charge in [0.05, 0.1) is 0 Å². The topological polar surface area (TPSA) is 56.4 Å². The predicted octanol–water partition coefficient (Wildman–Crippen LogP) is 4.74. The van der Waals surface area contributed by atoms with Gasteiger partial charge in [0.1, 0.15) is 46.5 Å². The van der Waals surface area contributed by atoms with Crippen molar-refractivity contribution in [3.8, 4) is 16.9 Å². The minimum atomic E-state index is -0.109. The molecule has 0 saturated heterocycles. The number of benzene rings is 1. The molecule has 0 amide bonds. The molecule has 0 aliphatic rings. The molecule has 2 aromatic heterocycles. The van der Waals surface area contributed by atoms with Gasteiger partial charge in [0.2, 0.25) is 0 Å². The average Bonchev–Trinajstić information content (AvgIpc) is 3.02. The molecule has 3 rings (SSSR count). The first kappa shape index (κ1) is 18.7. The molecule has 0 spiro atoms. The monoisotopic (exact) mass is 488 g/mol. The third kappa shape index (κ3) is 3.71. The van der Waals surface area contributed by atoms with Crippen LogP contribution in [0.25, 0.3) is 22.0 Å². The second-order valence-corrected chi connectivity index (χ2v) is 8.51. The highest BCUT2D eigenvalue weighted by Gasteiger charge is 2.16. The summed E-state index contributed by atoms with van der Waals surface area (Å²) in [5.74, 6) is 2.13. The maximum atomic E-state index is 12.6. The molecule has 0 fully saturated rings. The van der Waals surface area contributed by atoms with Gasteiger partial charge in [-0.05, 0) is 29.5 Å². The molecule has 1 aromatic carbocycles. The summed E-state index contributed by atoms with van der Waals surface area (Å²) in [4.78, 5) is 12.6. The summed E-state index contributed by atoms with van der Waals surface area (Å²) in [6.45, 7) is 2.12. The van der Waals surface area contributed by atoms with Crippen molar-refractivity contribution >= 4 is 57.9 Å². The molecule has 0 bridgehead atoms. The van der Waals surface area contributed by atoms with Gasteiger partial charge < -0.3 is 9.67 Å². The molecule has 0 aliphatic heterocycles. The Labute approximate surface area is 168 Å². The van der Waals surface area contributed by atoms with Gasteiger partial charge in [-0.15, -0.1) is 0 Å². The maximum absolute atomic E-state index is 12.6. The lowest BCUT2D eigenvalue weighted by Crippen LogP contribution is -2.18. The first-order valence-corrected chi connectivity index (χ1v) is 10.4. The highest BCUT2D eigenvalue weighted by molar-refractivity contribution is 14.1. The van der Waals surface area contributed by atoms with Crippen LogP contribution in [0.5, 0.6) is 5.75 Å². The fourth-order valence-electron chi connectivity index (χ4n) is 2.75. The first-order valence-electron chi connectivity index (χ1n) is 7.63. The molecule has 0 saturated carbocycles. The summed E-state index contributed by atoms with van der Waals surface area (Å²) in [5, 5.41) is 11.2. The molecule has 0 radical (unpaired) electrons. The lowest BCUT2D eigenvalue weighted by Gasteiger charge is -2.11. The van der Waals surface area contributed by atoms with Gasteiger partial charge in [0, 0.05) is 41.7 Å². The Morgan fingerprint density at radius 1 is 1.28 bits per heavy atom. The van der Waals surface area contributed by atoms with E-state index < -0.39 is 0 Å². The summed E-state index contributed by atoms with van der Waals surface area (Å²) in [6.07, 6.45) is 3.57. The third-order valence-electron chi connectivity index (χ3n) is 3.92. The average molecular weight is 488 g/mol. The Morgan fingerprint density at radius 3 is 2.80 bits per heavy atom. The SMILES string of the molecule is CCSCc1ccc(O)c(-c2cn(C)c(=O)c3c2ccn3SOI)c1. The van der Waals surface area contributed by atoms with Crippen LogP contribution in [0.1, 0.15) is 12.5 Å². The van der Waals surface area contributed by atoms with Crippen LogP contribution in [0.15, 0.2) is 41.5 Å². The Bertz CT molecular complexity index is 968. The summed E-state index contributed by atoms with van der Waals surface area (Å²) < 4.78 is 8.30. The zero-order valence-corrected chi connectivity index (χ0v) is 17.5. The van der Waals surface area contributed by atoms with Gasteiger partial charge in [0.25, 0.3) is 5.56 Å². The van der Waals surface area contributed by atoms with E-state index in [2.05, 4.69) is 6.92 Å². The number of phenolic OH excluding ortho intramolecular Hbond substituents is 1. The summed E-state index contributed by atoms with van der Waals surface area (Å²) in [7, 11) is 1.71. The molecular weight excluding hydrogens is 471 g/mol. The van der Waals surface area contributed by atoms with Crippen LogP contribution >= 0.6 is 47.0 Å². The first-order chi connectivity index (χ1) is 12.1. The van der Waals surface area contributed by atoms with Crippen molar-refractivity contribution in [2.24, 2.45) is 7.05 Å². The molecule has 0 atom stereocenters. The van der Waals surface area contributed by atoms with Gasteiger partial charge in [-0.1, -0.05) is 13.0 Å². The van der Waals surface area contributed by atoms with Crippen LogP contribution in [-0.2, 0) is 15.3 Å². The molecule has 132 valence electrons. The molecular formula is C17H17IN2O3S2. The largest absolute Gasteiger partial charge is 0.507 e. The van der Waals surface area contributed by atoms with Crippen molar-refractivity contribution in [1.29, 1.82) is 0 Å². The Morgan fingerprint density at radius 2 is 2.08 bits per heavy atom. The van der Waals surface area contributed by atoms with Crippen molar-refractivity contribution in [3.05, 3.63) is 52.6 Å². The second kappa shape index (κ2) is 8.07. The van der Waals surface area contributed by atoms with Crippen LogP contribution < -0.4 is 5.56 Å². The summed E-state index contributed by atoms with van der Waals surface area (Å²) in [6, 6.07) is 7.53. The van der Waals surface area contributed by atoms with Crippen LogP contribution in [0.3, 0.4) is 0 Å². The number of fused-ring (bicyclic) bond motifs is 1. The molecule has 2 heterocycles. The Hall–Kier alpha value is -1.10. The van der Waals surface area contributed by atoms with Gasteiger partial charge in [0.15, 0.2) is 0 Å². The zero-order chi connectivity index (χ0) is 18.0. The van der Waals surface area contributed by atoms with Crippen molar-refractivity contribution in [1.82, 2.24) is 8.54 Å². The molecule has 0 unspecified atom stereocenters. The van der Waals surface area contributed by atoms with Crippen LogP contribution in [0.4, 0.5) is 0 Å². The zero-order valence-electron chi connectivity index (χ0n) is 13.7. The number of aromatic nitrogens is 2. The number of aryl methyl sites for hydroxylation is 1. The molecule has 25 heavy (non-hydrogen) atoms. The van der Waals surface area contributed by atoms with Crippen LogP contribution in [0.2, 0.25) is 0 Å². The Balaban J connectivity index is 2.22. The van der Waals surface area contributed by atoms with E-state index in [1.54, 1.807) is 52.5 Å². The Kier molecular flexibility index (Phi) is 6.03. The van der Waals surface area contributed by atoms with Crippen molar-refractivity contribution in [3.63, 3.8) is 0 Å². The van der Waals surface area contributed by atoms with E-state index in [4.69, 9.17) is 2.51 Å². The van der Waals surface area contributed by atoms with E-state index in [0.717, 1.165) is 45.8 Å². The van der Waals surface area contributed by atoms with Crippen LogP contribution in [-0.4, -0.2) is 19.4 Å². The summed E-state index contributed by atoms with van der Waals surface area (Å²) in [5.41, 5.74) is 3.13. The van der Waals surface area contributed by atoms with Crippen molar-refractivity contribution in [2.45, 2.75) is 12.7 Å². The smallest absolute Gasteiger partial charge is 0.275 e. The van der Waals surface area contributed by atoms with Crippen LogP contribution in [0, 0.1) is 0 Å². The second-order valence-electron chi connectivity index (χ2n) is 5.49. The number of phenols is 1. The van der Waals surface area contributed by atoms with E-state index in [9.17, 15) is 9.90 Å². The van der Waals surface area contributed by atoms with E-state index in [0.29, 0.717) is 5.52 Å². The lowest BCUT2D eigenvalue weighted by atomic mass is 10.0. The van der Waals surface area contributed by atoms with E-state index >= 15 is 0 Å². The number of hydrogen-bond donors (Lipinski definition) is 1. The van der Waals surface area contributed by atoms with Gasteiger partial charge in [-0.2, -0.15) is 11.8 Å². The quantitative estimate of drug-likeness (QED) is 0.401. The molecule has 0 aliphatic carbocycles. The minimum absolute atomic E-state index is 0.109. The maximum Gasteiger partial charge on any atom is 0.275 e. The molecule has 1 N–H and O–H groups in total. The fourth-order valence-corrected chi connectivity index (χ4v) is 4.31. The number of thioether (sulfide) groups is 1. The minimum Gasteiger partial charge on any atom is -0.507 e. The molecule has 8 heteroatoms. The normalized spacial score (nSPS) is 11.3. The third-order valence-corrected chi connectivity index (χ3v) is 5.87. The van der Waals surface area contributed by atoms with E-state index in [1.807, 2.05) is 30.0 Å². The number of rotatable bonds is 6. The highest BCUT2D eigenvalue weighted by Crippen LogP contribution is 2.36. The van der Waals surface area contributed by atoms with Crippen molar-refractivity contribution < 1.29 is 7.62 Å². The predicted molar refractivity (Wildman–Crippen MR) is 114 cm³/mol. The fraction of sp³-hybridized carbons (Fsp3) is 0.235. The molecule has 3 aromatic rings.